The van der Waals surface area contributed by atoms with E-state index in [1.54, 1.807) is 30.4 Å². The van der Waals surface area contributed by atoms with Gasteiger partial charge in [-0.25, -0.2) is 4.98 Å². The summed E-state index contributed by atoms with van der Waals surface area (Å²) in [5.74, 6) is 0.352. The van der Waals surface area contributed by atoms with Crippen LogP contribution in [0.2, 0.25) is 0 Å². The van der Waals surface area contributed by atoms with Crippen LogP contribution < -0.4 is 5.56 Å². The van der Waals surface area contributed by atoms with Gasteiger partial charge in [-0.1, -0.05) is 30.3 Å². The molecule has 0 amide bonds. The molecule has 0 saturated carbocycles. The van der Waals surface area contributed by atoms with Crippen molar-refractivity contribution < 1.29 is 9.34 Å². The third kappa shape index (κ3) is 3.09. The van der Waals surface area contributed by atoms with Crippen LogP contribution in [0.15, 0.2) is 69.9 Å². The molecule has 2 aromatic carbocycles. The van der Waals surface area contributed by atoms with Crippen LogP contribution in [0, 0.1) is 17.0 Å². The van der Waals surface area contributed by atoms with E-state index in [4.69, 9.17) is 4.42 Å². The van der Waals surface area contributed by atoms with Gasteiger partial charge in [0.25, 0.3) is 5.56 Å². The normalized spacial score (nSPS) is 11.3. The summed E-state index contributed by atoms with van der Waals surface area (Å²) in [6.45, 7) is 1.92. The lowest BCUT2D eigenvalue weighted by atomic mass is 10.1. The van der Waals surface area contributed by atoms with Crippen molar-refractivity contribution >= 4 is 28.9 Å². The molecule has 2 heterocycles. The third-order valence-electron chi connectivity index (χ3n) is 4.35. The summed E-state index contributed by atoms with van der Waals surface area (Å²) in [4.78, 5) is 28.0. The van der Waals surface area contributed by atoms with Crippen LogP contribution >= 0.6 is 0 Å². The number of furan rings is 1. The Morgan fingerprint density at radius 1 is 1.04 bits per heavy atom. The summed E-state index contributed by atoms with van der Waals surface area (Å²) in [6.07, 6.45) is 3.17. The highest BCUT2D eigenvalue weighted by Crippen LogP contribution is 2.20. The van der Waals surface area contributed by atoms with Crippen LogP contribution in [0.4, 0.5) is 5.88 Å². The van der Waals surface area contributed by atoms with Crippen LogP contribution in [0.3, 0.4) is 0 Å². The molecule has 0 bridgehead atoms. The standard InChI is InChI=1S/C21H15N3O4/c1-14-6-2-5-9-18(14)23-19(12-10-15-11-13-20(28-15)24(26)27)22-17-8-4-3-7-16(17)21(23)25/h2-13H,1H3. The molecule has 0 radical (unpaired) electrons. The van der Waals surface area contributed by atoms with E-state index < -0.39 is 4.92 Å². The number of nitro groups is 1. The lowest BCUT2D eigenvalue weighted by molar-refractivity contribution is -0.402. The number of aryl methyl sites for hydroxylation is 1. The molecule has 0 saturated heterocycles. The van der Waals surface area contributed by atoms with Crippen molar-refractivity contribution in [1.29, 1.82) is 0 Å². The fourth-order valence-electron chi connectivity index (χ4n) is 3.00. The maximum absolute atomic E-state index is 13.2. The zero-order chi connectivity index (χ0) is 19.7. The molecule has 0 aliphatic carbocycles. The zero-order valence-electron chi connectivity index (χ0n) is 14.9. The Bertz CT molecular complexity index is 1280. The summed E-state index contributed by atoms with van der Waals surface area (Å²) in [6, 6.07) is 17.4. The second kappa shape index (κ2) is 6.96. The van der Waals surface area contributed by atoms with E-state index in [0.29, 0.717) is 22.5 Å². The minimum Gasteiger partial charge on any atom is -0.401 e. The smallest absolute Gasteiger partial charge is 0.401 e. The molecular formula is C21H15N3O4. The van der Waals surface area contributed by atoms with Gasteiger partial charge in [-0.05, 0) is 48.9 Å². The fourth-order valence-corrected chi connectivity index (χ4v) is 3.00. The quantitative estimate of drug-likeness (QED) is 0.391. The van der Waals surface area contributed by atoms with Crippen molar-refractivity contribution in [2.24, 2.45) is 0 Å². The molecule has 7 nitrogen and oxygen atoms in total. The molecule has 0 spiro atoms. The third-order valence-corrected chi connectivity index (χ3v) is 4.35. The first-order valence-corrected chi connectivity index (χ1v) is 8.55. The maximum atomic E-state index is 13.2. The number of aromatic nitrogens is 2. The molecule has 4 rings (SSSR count). The molecule has 0 atom stereocenters. The number of hydrogen-bond donors (Lipinski definition) is 0. The Morgan fingerprint density at radius 3 is 2.54 bits per heavy atom. The Kier molecular flexibility index (Phi) is 4.33. The van der Waals surface area contributed by atoms with Crippen molar-refractivity contribution in [2.45, 2.75) is 6.92 Å². The molecule has 0 fully saturated rings. The summed E-state index contributed by atoms with van der Waals surface area (Å²) >= 11 is 0. The molecule has 0 aliphatic heterocycles. The van der Waals surface area contributed by atoms with Gasteiger partial charge in [0.1, 0.15) is 16.5 Å². The van der Waals surface area contributed by atoms with Gasteiger partial charge in [0.2, 0.25) is 0 Å². The van der Waals surface area contributed by atoms with Gasteiger partial charge < -0.3 is 4.42 Å². The zero-order valence-corrected chi connectivity index (χ0v) is 14.9. The second-order valence-electron chi connectivity index (χ2n) is 6.18. The minimum atomic E-state index is -0.602. The molecule has 0 aliphatic rings. The molecule has 7 heteroatoms. The summed E-state index contributed by atoms with van der Waals surface area (Å²) < 4.78 is 6.69. The molecule has 0 unspecified atom stereocenters. The summed E-state index contributed by atoms with van der Waals surface area (Å²) in [5, 5.41) is 11.3. The summed E-state index contributed by atoms with van der Waals surface area (Å²) in [7, 11) is 0. The lowest BCUT2D eigenvalue weighted by Gasteiger charge is -2.13. The van der Waals surface area contributed by atoms with E-state index in [2.05, 4.69) is 4.98 Å². The molecular weight excluding hydrogens is 358 g/mol. The number of para-hydroxylation sites is 2. The van der Waals surface area contributed by atoms with Gasteiger partial charge in [-0.15, -0.1) is 0 Å². The average molecular weight is 373 g/mol. The van der Waals surface area contributed by atoms with Crippen LogP contribution in [-0.2, 0) is 0 Å². The number of hydrogen-bond acceptors (Lipinski definition) is 5. The maximum Gasteiger partial charge on any atom is 0.433 e. The molecule has 4 aromatic rings. The van der Waals surface area contributed by atoms with Crippen LogP contribution in [0.1, 0.15) is 17.1 Å². The molecule has 138 valence electrons. The van der Waals surface area contributed by atoms with Crippen molar-refractivity contribution in [3.8, 4) is 5.69 Å². The number of fused-ring (bicyclic) bond motifs is 1. The van der Waals surface area contributed by atoms with E-state index in [1.807, 2.05) is 37.3 Å². The van der Waals surface area contributed by atoms with Crippen molar-refractivity contribution in [3.63, 3.8) is 0 Å². The first-order valence-electron chi connectivity index (χ1n) is 8.55. The Hall–Kier alpha value is -4.00. The topological polar surface area (TPSA) is 91.2 Å². The monoisotopic (exact) mass is 373 g/mol. The first-order chi connectivity index (χ1) is 13.5. The Morgan fingerprint density at radius 2 is 1.79 bits per heavy atom. The molecule has 2 aromatic heterocycles. The van der Waals surface area contributed by atoms with Crippen LogP contribution in [-0.4, -0.2) is 14.5 Å². The summed E-state index contributed by atoms with van der Waals surface area (Å²) in [5.41, 5.74) is 2.02. The van der Waals surface area contributed by atoms with E-state index >= 15 is 0 Å². The van der Waals surface area contributed by atoms with Crippen molar-refractivity contribution in [2.75, 3.05) is 0 Å². The predicted molar refractivity (Wildman–Crippen MR) is 106 cm³/mol. The highest BCUT2D eigenvalue weighted by Gasteiger charge is 2.13. The van der Waals surface area contributed by atoms with Crippen molar-refractivity contribution in [3.05, 3.63) is 98.3 Å². The number of benzene rings is 2. The second-order valence-corrected chi connectivity index (χ2v) is 6.18. The van der Waals surface area contributed by atoms with E-state index in [1.165, 1.54) is 16.7 Å². The average Bonchev–Trinajstić information content (AvgIpc) is 3.17. The van der Waals surface area contributed by atoms with Crippen LogP contribution in [0.25, 0.3) is 28.7 Å². The van der Waals surface area contributed by atoms with Gasteiger partial charge in [-0.2, -0.15) is 0 Å². The SMILES string of the molecule is Cc1ccccc1-n1c(C=Cc2ccc([N+](=O)[O-])o2)nc2ccccc2c1=O. The number of nitrogens with zero attached hydrogens (tertiary/aromatic N) is 3. The molecule has 0 N–H and O–H groups in total. The van der Waals surface area contributed by atoms with E-state index in [9.17, 15) is 14.9 Å². The highest BCUT2D eigenvalue weighted by atomic mass is 16.6. The minimum absolute atomic E-state index is 0.190. The fraction of sp³-hybridized carbons (Fsp3) is 0.0476. The van der Waals surface area contributed by atoms with E-state index in [0.717, 1.165) is 11.3 Å². The van der Waals surface area contributed by atoms with E-state index in [-0.39, 0.29) is 11.4 Å². The van der Waals surface area contributed by atoms with Gasteiger partial charge in [-0.3, -0.25) is 19.5 Å². The largest absolute Gasteiger partial charge is 0.433 e. The Balaban J connectivity index is 1.92. The molecule has 28 heavy (non-hydrogen) atoms. The van der Waals surface area contributed by atoms with Gasteiger partial charge in [0.05, 0.1) is 22.7 Å². The highest BCUT2D eigenvalue weighted by molar-refractivity contribution is 5.80. The lowest BCUT2D eigenvalue weighted by Crippen LogP contribution is -2.23. The first kappa shape index (κ1) is 17.4. The number of rotatable bonds is 4. The van der Waals surface area contributed by atoms with Crippen LogP contribution in [0.5, 0.6) is 0 Å². The predicted octanol–water partition coefficient (Wildman–Crippen LogP) is 4.37. The van der Waals surface area contributed by atoms with Crippen molar-refractivity contribution in [1.82, 2.24) is 9.55 Å². The van der Waals surface area contributed by atoms with Gasteiger partial charge >= 0.3 is 5.88 Å². The van der Waals surface area contributed by atoms with Gasteiger partial charge in [0.15, 0.2) is 0 Å². The Labute approximate surface area is 159 Å². The van der Waals surface area contributed by atoms with Gasteiger partial charge in [0, 0.05) is 0 Å².